The third kappa shape index (κ3) is 9.51. The van der Waals surface area contributed by atoms with Crippen LogP contribution in [0.3, 0.4) is 0 Å². The number of rotatable bonds is 11. The van der Waals surface area contributed by atoms with Gasteiger partial charge in [-0.3, -0.25) is 0 Å². The maximum atomic E-state index is 16.4. The molecule has 18 rings (SSSR count). The van der Waals surface area contributed by atoms with Crippen LogP contribution >= 0.6 is 11.8 Å². The van der Waals surface area contributed by atoms with Crippen LogP contribution in [0.2, 0.25) is 0 Å². The highest BCUT2D eigenvalue weighted by Crippen LogP contribution is 2.53. The smallest absolute Gasteiger partial charge is 0.311 e. The second-order valence-corrected chi connectivity index (χ2v) is 25.8. The number of benzene rings is 14. The fraction of sp³-hybridized carbons (Fsp3) is 0.0118. The van der Waals surface area contributed by atoms with Crippen LogP contribution in [-0.2, 0) is 6.18 Å². The van der Waals surface area contributed by atoms with E-state index in [2.05, 4.69) is 280 Å². The number of alkyl halides is 3. The Morgan fingerprint density at radius 2 is 0.635 bits per heavy atom. The Kier molecular flexibility index (Phi) is 13.7. The van der Waals surface area contributed by atoms with Crippen molar-refractivity contribution in [2.24, 2.45) is 0 Å². The van der Waals surface area contributed by atoms with E-state index in [0.717, 1.165) is 128 Å². The van der Waals surface area contributed by atoms with Crippen LogP contribution in [0.1, 0.15) is 5.56 Å². The maximum absolute atomic E-state index is 16.4. The van der Waals surface area contributed by atoms with Gasteiger partial charge in [0.1, 0.15) is 0 Å². The van der Waals surface area contributed by atoms with Gasteiger partial charge in [0.25, 0.3) is 6.71 Å². The van der Waals surface area contributed by atoms with E-state index < -0.39 is 18.5 Å². The fourth-order valence-corrected chi connectivity index (χ4v) is 16.4. The molecular formula is C85H56B2F3N5S. The van der Waals surface area contributed by atoms with Crippen molar-refractivity contribution >= 4 is 143 Å². The molecule has 4 heterocycles. The number of nitrogens with zero attached hydrogens (tertiary/aromatic N) is 5. The summed E-state index contributed by atoms with van der Waals surface area (Å²) in [6, 6.07) is 117. The van der Waals surface area contributed by atoms with E-state index in [-0.39, 0.29) is 12.4 Å². The van der Waals surface area contributed by atoms with Gasteiger partial charge >= 0.3 is 6.18 Å². The molecule has 14 aromatic rings. The van der Waals surface area contributed by atoms with Gasteiger partial charge in [-0.1, -0.05) is 230 Å². The first-order valence-electron chi connectivity index (χ1n) is 32.4. The average molecular weight is 1260 g/mol. The van der Waals surface area contributed by atoms with E-state index in [9.17, 15) is 0 Å². The lowest BCUT2D eigenvalue weighted by Gasteiger charge is -2.46. The van der Waals surface area contributed by atoms with Gasteiger partial charge in [-0.05, 0) is 177 Å². The highest BCUT2D eigenvalue weighted by molar-refractivity contribution is 8.00. The summed E-state index contributed by atoms with van der Waals surface area (Å²) in [4.78, 5) is 13.3. The number of halogens is 3. The predicted molar refractivity (Wildman–Crippen MR) is 396 cm³/mol. The van der Waals surface area contributed by atoms with E-state index in [1.807, 2.05) is 59.5 Å². The summed E-state index contributed by atoms with van der Waals surface area (Å²) in [6.07, 6.45) is -4.73. The van der Waals surface area contributed by atoms with Gasteiger partial charge in [0, 0.05) is 83.7 Å². The number of hydrogen-bond acceptors (Lipinski definition) is 6. The molecule has 0 aliphatic carbocycles. The average Bonchev–Trinajstić information content (AvgIpc) is 0.715. The quantitative estimate of drug-likeness (QED) is 0.119. The zero-order valence-corrected chi connectivity index (χ0v) is 52.6. The molecule has 4 aliphatic rings. The van der Waals surface area contributed by atoms with E-state index in [1.165, 1.54) is 17.6 Å². The summed E-state index contributed by atoms with van der Waals surface area (Å²) >= 11 is 1.70. The first-order valence-corrected chi connectivity index (χ1v) is 33.2. The van der Waals surface area contributed by atoms with Crippen LogP contribution in [0.4, 0.5) is 98.5 Å². The summed E-state index contributed by atoms with van der Waals surface area (Å²) in [7, 11) is 0. The Morgan fingerprint density at radius 3 is 1.12 bits per heavy atom. The van der Waals surface area contributed by atoms with Crippen molar-refractivity contribution in [1.82, 2.24) is 0 Å². The van der Waals surface area contributed by atoms with Crippen LogP contribution in [0, 0.1) is 0 Å². The highest BCUT2D eigenvalue weighted by Gasteiger charge is 2.49. The van der Waals surface area contributed by atoms with Gasteiger partial charge in [-0.25, -0.2) is 0 Å². The van der Waals surface area contributed by atoms with E-state index in [0.29, 0.717) is 11.4 Å². The fourth-order valence-electron chi connectivity index (χ4n) is 15.2. The molecule has 4 aliphatic heterocycles. The van der Waals surface area contributed by atoms with Crippen molar-refractivity contribution < 1.29 is 13.2 Å². The molecular weight excluding hydrogens is 1200 g/mol. The highest BCUT2D eigenvalue weighted by atomic mass is 32.2. The number of fused-ring (bicyclic) bond motifs is 8. The molecule has 0 unspecified atom stereocenters. The largest absolute Gasteiger partial charge is 0.418 e. The zero-order valence-electron chi connectivity index (χ0n) is 51.8. The van der Waals surface area contributed by atoms with Crippen molar-refractivity contribution in [3.63, 3.8) is 0 Å². The topological polar surface area (TPSA) is 16.2 Å². The summed E-state index contributed by atoms with van der Waals surface area (Å²) in [6.45, 7) is -0.700. The Hall–Kier alpha value is -11.7. The summed E-state index contributed by atoms with van der Waals surface area (Å²) in [5, 5.41) is 0. The summed E-state index contributed by atoms with van der Waals surface area (Å²) in [5.41, 5.74) is 22.7. The molecule has 5 nitrogen and oxygen atoms in total. The Labute approximate surface area is 561 Å². The molecule has 0 spiro atoms. The first-order chi connectivity index (χ1) is 47.3. The maximum Gasteiger partial charge on any atom is 0.418 e. The van der Waals surface area contributed by atoms with Crippen molar-refractivity contribution in [1.29, 1.82) is 0 Å². The van der Waals surface area contributed by atoms with Crippen molar-refractivity contribution in [2.75, 3.05) is 24.5 Å². The molecule has 0 atom stereocenters. The van der Waals surface area contributed by atoms with E-state index in [1.54, 1.807) is 23.9 Å². The molecule has 0 N–H and O–H groups in total. The minimum Gasteiger partial charge on any atom is -0.311 e. The van der Waals surface area contributed by atoms with E-state index >= 15 is 13.2 Å². The van der Waals surface area contributed by atoms with Gasteiger partial charge in [0.15, 0.2) is 0 Å². The Morgan fingerprint density at radius 1 is 0.260 bits per heavy atom. The lowest BCUT2D eigenvalue weighted by molar-refractivity contribution is -0.137. The normalized spacial score (nSPS) is 13.0. The van der Waals surface area contributed by atoms with Gasteiger partial charge in [0.2, 0.25) is 6.71 Å². The first kappa shape index (κ1) is 57.0. The van der Waals surface area contributed by atoms with Gasteiger partial charge in [-0.2, -0.15) is 13.2 Å². The Balaban J connectivity index is 0.917. The van der Waals surface area contributed by atoms with Crippen LogP contribution in [0.5, 0.6) is 0 Å². The summed E-state index contributed by atoms with van der Waals surface area (Å²) < 4.78 is 49.2. The SMILES string of the molecule is FC(F)(F)c1ccccc1N1c2cc3c(cc2B2c4ccccc4N(c4ccccc4)c4cc(N(c5ccc(-c6ccccc6)cc5)c5ccc(-c6ccccc6)cc5)cc1c42)B1c2ccccc2N(c2ccccc2)c2cc(N(c4ccccc4)c4ccccc4)cc(c21)S3. The zero-order chi connectivity index (χ0) is 64.0. The van der Waals surface area contributed by atoms with Gasteiger partial charge < -0.3 is 24.5 Å². The molecule has 11 heteroatoms. The molecule has 0 radical (unpaired) electrons. The third-order valence-electron chi connectivity index (χ3n) is 19.2. The molecule has 0 saturated carbocycles. The third-order valence-corrected chi connectivity index (χ3v) is 20.4. The second-order valence-electron chi connectivity index (χ2n) is 24.7. The van der Waals surface area contributed by atoms with Crippen LogP contribution < -0.4 is 57.3 Å². The molecule has 0 fully saturated rings. The number of hydrogen-bond donors (Lipinski definition) is 0. The standard InChI is InChI=1S/C85H56B2F3N5S/c88-85(89,90)69-37-19-22-40-74(69)95-77-56-81-73(87-71-39-21-24-42-76(71)94(64-35-17-6-18-36-64)80-53-68(54-82(96-81)84(80)87)91(61-29-11-3-12-30-61)62-31-13-4-14-32-62)55-72(77)86-70-38-20-23-41-75(70)93(63-33-15-5-16-34-63)78-51-67(52-79(95)83(78)86)92(65-47-43-59(44-48-65)57-25-7-1-8-26-57)66-49-45-60(46-50-66)58-27-9-2-10-28-58/h1-56H. The Bertz CT molecular complexity index is 5160. The van der Waals surface area contributed by atoms with Gasteiger partial charge in [-0.15, -0.1) is 0 Å². The molecule has 0 aromatic heterocycles. The van der Waals surface area contributed by atoms with Gasteiger partial charge in [0.05, 0.1) is 16.9 Å². The van der Waals surface area contributed by atoms with Crippen LogP contribution in [-0.4, -0.2) is 13.4 Å². The predicted octanol–water partition coefficient (Wildman–Crippen LogP) is 19.8. The molecule has 96 heavy (non-hydrogen) atoms. The van der Waals surface area contributed by atoms with Crippen LogP contribution in [0.15, 0.2) is 350 Å². The van der Waals surface area contributed by atoms with Crippen molar-refractivity contribution in [2.45, 2.75) is 16.0 Å². The molecule has 454 valence electrons. The van der Waals surface area contributed by atoms with Crippen LogP contribution in [0.25, 0.3) is 22.3 Å². The van der Waals surface area contributed by atoms with Crippen molar-refractivity contribution in [3.8, 4) is 22.3 Å². The molecule has 0 bridgehead atoms. The number of anilines is 15. The minimum absolute atomic E-state index is 0.0359. The lowest BCUT2D eigenvalue weighted by atomic mass is 9.31. The second kappa shape index (κ2) is 23.1. The lowest BCUT2D eigenvalue weighted by Crippen LogP contribution is -2.64. The summed E-state index contributed by atoms with van der Waals surface area (Å²) in [5.74, 6) is 0. The van der Waals surface area contributed by atoms with Crippen molar-refractivity contribution in [3.05, 3.63) is 345 Å². The molecule has 0 amide bonds. The number of para-hydroxylation sites is 7. The minimum atomic E-state index is -4.73. The monoisotopic (exact) mass is 1260 g/mol. The molecule has 14 aromatic carbocycles. The molecule has 0 saturated heterocycles. The van der Waals surface area contributed by atoms with E-state index in [4.69, 9.17) is 0 Å².